The molecule has 1 aliphatic heterocycles. The van der Waals surface area contributed by atoms with Gasteiger partial charge in [-0.2, -0.15) is 0 Å². The maximum Gasteiger partial charge on any atom is 0.242 e. The second-order valence-electron chi connectivity index (χ2n) is 8.46. The lowest BCUT2D eigenvalue weighted by Gasteiger charge is -2.28. The van der Waals surface area contributed by atoms with E-state index in [0.717, 1.165) is 28.6 Å². The van der Waals surface area contributed by atoms with Crippen LogP contribution in [0, 0.1) is 0 Å². The van der Waals surface area contributed by atoms with Crippen LogP contribution in [0.4, 0.5) is 11.5 Å². The largest absolute Gasteiger partial charge is 0.495 e. The van der Waals surface area contributed by atoms with Crippen molar-refractivity contribution in [2.75, 3.05) is 30.8 Å². The summed E-state index contributed by atoms with van der Waals surface area (Å²) in [6, 6.07) is 4.14. The maximum atomic E-state index is 12.8. The van der Waals surface area contributed by atoms with Crippen molar-refractivity contribution in [2.45, 2.75) is 37.4 Å². The number of carbonyl (C=O) groups is 1. The molecule has 11 heteroatoms. The van der Waals surface area contributed by atoms with E-state index in [1.54, 1.807) is 13.4 Å². The standard InChI is InChI=1S/C21H25BrN8O2/c1-32-15-5-4-14(22)13(8-30-11-27-16-18(23)25-10-26-19(16)30)17(15)29-7-6-21(24,9-29)20(31)28-12-2-3-12/h4-5,10-12H,2-3,6-9,24H2,1H3,(H,28,31)(H2,23,25,26). The zero-order valence-electron chi connectivity index (χ0n) is 17.7. The Morgan fingerprint density at radius 3 is 2.91 bits per heavy atom. The van der Waals surface area contributed by atoms with E-state index < -0.39 is 5.54 Å². The number of nitrogens with two attached hydrogens (primary N) is 2. The number of imidazole rings is 1. The van der Waals surface area contributed by atoms with Crippen LogP contribution >= 0.6 is 15.9 Å². The summed E-state index contributed by atoms with van der Waals surface area (Å²) in [5.41, 5.74) is 14.7. The highest BCUT2D eigenvalue weighted by Crippen LogP contribution is 2.40. The monoisotopic (exact) mass is 500 g/mol. The van der Waals surface area contributed by atoms with Crippen LogP contribution in [0.1, 0.15) is 24.8 Å². The molecule has 0 radical (unpaired) electrons. The lowest BCUT2D eigenvalue weighted by atomic mass is 9.99. The van der Waals surface area contributed by atoms with Gasteiger partial charge in [0.1, 0.15) is 23.1 Å². The van der Waals surface area contributed by atoms with Gasteiger partial charge >= 0.3 is 0 Å². The van der Waals surface area contributed by atoms with Crippen molar-refractivity contribution in [1.29, 1.82) is 0 Å². The fourth-order valence-corrected chi connectivity index (χ4v) is 4.65. The molecule has 1 amide bonds. The van der Waals surface area contributed by atoms with Gasteiger partial charge in [0.25, 0.3) is 0 Å². The Morgan fingerprint density at radius 1 is 1.34 bits per heavy atom. The van der Waals surface area contributed by atoms with Gasteiger partial charge in [-0.3, -0.25) is 4.79 Å². The summed E-state index contributed by atoms with van der Waals surface area (Å²) >= 11 is 3.70. The predicted molar refractivity (Wildman–Crippen MR) is 124 cm³/mol. The molecule has 3 heterocycles. The number of benzene rings is 1. The zero-order chi connectivity index (χ0) is 22.5. The highest BCUT2D eigenvalue weighted by atomic mass is 79.9. The molecule has 1 unspecified atom stereocenters. The van der Waals surface area contributed by atoms with Crippen LogP contribution in [0.15, 0.2) is 29.3 Å². The molecular formula is C21H25BrN8O2. The van der Waals surface area contributed by atoms with E-state index in [9.17, 15) is 4.79 Å². The number of amides is 1. The van der Waals surface area contributed by atoms with Crippen molar-refractivity contribution >= 4 is 44.5 Å². The summed E-state index contributed by atoms with van der Waals surface area (Å²) in [5, 5.41) is 3.06. The van der Waals surface area contributed by atoms with Gasteiger partial charge in [-0.25, -0.2) is 15.0 Å². The van der Waals surface area contributed by atoms with E-state index in [-0.39, 0.29) is 11.9 Å². The molecule has 0 spiro atoms. The molecule has 1 atom stereocenters. The third kappa shape index (κ3) is 3.65. The Morgan fingerprint density at radius 2 is 2.16 bits per heavy atom. The average molecular weight is 501 g/mol. The first-order valence-corrected chi connectivity index (χ1v) is 11.3. The molecule has 10 nitrogen and oxygen atoms in total. The summed E-state index contributed by atoms with van der Waals surface area (Å²) in [7, 11) is 1.64. The molecule has 168 valence electrons. The summed E-state index contributed by atoms with van der Waals surface area (Å²) in [6.07, 6.45) is 5.76. The third-order valence-electron chi connectivity index (χ3n) is 6.15. The molecule has 32 heavy (non-hydrogen) atoms. The SMILES string of the molecule is COc1ccc(Br)c(Cn2cnc3c(N)ncnc32)c1N1CCC(N)(C(=O)NC2CC2)C1. The van der Waals surface area contributed by atoms with E-state index >= 15 is 0 Å². The highest BCUT2D eigenvalue weighted by molar-refractivity contribution is 9.10. The van der Waals surface area contributed by atoms with Crippen LogP contribution < -0.4 is 26.4 Å². The average Bonchev–Trinajstić information content (AvgIpc) is 3.35. The second-order valence-corrected chi connectivity index (χ2v) is 9.31. The number of carbonyl (C=O) groups excluding carboxylic acids is 1. The van der Waals surface area contributed by atoms with Crippen LogP contribution in [0.25, 0.3) is 11.2 Å². The molecule has 1 saturated carbocycles. The van der Waals surface area contributed by atoms with Crippen LogP contribution in [0.5, 0.6) is 5.75 Å². The van der Waals surface area contributed by atoms with Crippen molar-refractivity contribution in [3.63, 3.8) is 0 Å². The number of ether oxygens (including phenoxy) is 1. The first-order chi connectivity index (χ1) is 15.4. The van der Waals surface area contributed by atoms with Gasteiger partial charge in [0, 0.05) is 29.2 Å². The van der Waals surface area contributed by atoms with Crippen LogP contribution in [-0.2, 0) is 11.3 Å². The Balaban J connectivity index is 1.50. The summed E-state index contributed by atoms with van der Waals surface area (Å²) < 4.78 is 8.54. The van der Waals surface area contributed by atoms with Gasteiger partial charge in [0.05, 0.1) is 25.7 Å². The number of fused-ring (bicyclic) bond motifs is 1. The summed E-state index contributed by atoms with van der Waals surface area (Å²) in [5.74, 6) is 0.979. The van der Waals surface area contributed by atoms with Crippen molar-refractivity contribution < 1.29 is 9.53 Å². The van der Waals surface area contributed by atoms with Crippen molar-refractivity contribution in [2.24, 2.45) is 5.73 Å². The van der Waals surface area contributed by atoms with E-state index in [2.05, 4.69) is 41.1 Å². The zero-order valence-corrected chi connectivity index (χ0v) is 19.3. The number of nitrogens with one attached hydrogen (secondary N) is 1. The van der Waals surface area contributed by atoms with Crippen LogP contribution in [-0.4, -0.2) is 57.2 Å². The number of nitrogens with zero attached hydrogens (tertiary/aromatic N) is 5. The summed E-state index contributed by atoms with van der Waals surface area (Å²) in [4.78, 5) is 27.7. The van der Waals surface area contributed by atoms with Gasteiger partial charge < -0.3 is 31.0 Å². The van der Waals surface area contributed by atoms with Gasteiger partial charge in [-0.05, 0) is 31.4 Å². The second kappa shape index (κ2) is 7.89. The topological polar surface area (TPSA) is 137 Å². The van der Waals surface area contributed by atoms with Gasteiger partial charge in [-0.1, -0.05) is 15.9 Å². The smallest absolute Gasteiger partial charge is 0.242 e. The normalized spacial score (nSPS) is 20.7. The molecule has 2 fully saturated rings. The molecule has 1 aromatic carbocycles. The maximum absolute atomic E-state index is 12.8. The third-order valence-corrected chi connectivity index (χ3v) is 6.89. The molecule has 5 rings (SSSR count). The molecular weight excluding hydrogens is 476 g/mol. The Hall–Kier alpha value is -2.92. The molecule has 5 N–H and O–H groups in total. The van der Waals surface area contributed by atoms with E-state index in [1.165, 1.54) is 6.33 Å². The lowest BCUT2D eigenvalue weighted by Crippen LogP contribution is -2.56. The van der Waals surface area contributed by atoms with Crippen molar-refractivity contribution in [3.05, 3.63) is 34.8 Å². The van der Waals surface area contributed by atoms with Gasteiger partial charge in [-0.15, -0.1) is 0 Å². The van der Waals surface area contributed by atoms with E-state index in [4.69, 9.17) is 16.2 Å². The van der Waals surface area contributed by atoms with Crippen molar-refractivity contribution in [3.8, 4) is 5.75 Å². The fraction of sp³-hybridized carbons (Fsp3) is 0.429. The Labute approximate surface area is 193 Å². The molecule has 2 aromatic heterocycles. The predicted octanol–water partition coefficient (Wildman–Crippen LogP) is 1.41. The van der Waals surface area contributed by atoms with Gasteiger partial charge in [0.2, 0.25) is 5.91 Å². The number of aromatic nitrogens is 4. The van der Waals surface area contributed by atoms with Gasteiger partial charge in [0.15, 0.2) is 11.5 Å². The van der Waals surface area contributed by atoms with Crippen molar-refractivity contribution in [1.82, 2.24) is 24.8 Å². The molecule has 0 bridgehead atoms. The molecule has 1 saturated heterocycles. The molecule has 1 aliphatic carbocycles. The minimum Gasteiger partial charge on any atom is -0.495 e. The first-order valence-electron chi connectivity index (χ1n) is 10.5. The number of hydrogen-bond donors (Lipinski definition) is 3. The number of nitrogen functional groups attached to an aromatic ring is 1. The molecule has 2 aliphatic rings. The van der Waals surface area contributed by atoms with E-state index in [0.29, 0.717) is 48.8 Å². The van der Waals surface area contributed by atoms with Crippen LogP contribution in [0.3, 0.4) is 0 Å². The first kappa shape index (κ1) is 21.0. The Bertz CT molecular complexity index is 1190. The highest BCUT2D eigenvalue weighted by Gasteiger charge is 2.44. The summed E-state index contributed by atoms with van der Waals surface area (Å²) in [6.45, 7) is 1.53. The number of halogens is 1. The lowest BCUT2D eigenvalue weighted by molar-refractivity contribution is -0.125. The van der Waals surface area contributed by atoms with E-state index in [1.807, 2.05) is 16.7 Å². The number of hydrogen-bond acceptors (Lipinski definition) is 8. The van der Waals surface area contributed by atoms with Crippen LogP contribution in [0.2, 0.25) is 0 Å². The minimum atomic E-state index is -0.934. The number of methoxy groups -OCH3 is 1. The quantitative estimate of drug-likeness (QED) is 0.461. The number of anilines is 2. The minimum absolute atomic E-state index is 0.0780. The molecule has 3 aromatic rings. The number of rotatable bonds is 6. The Kier molecular flexibility index (Phi) is 5.17. The fourth-order valence-electron chi connectivity index (χ4n) is 4.20.